The van der Waals surface area contributed by atoms with Crippen molar-refractivity contribution < 1.29 is 14.3 Å². The zero-order chi connectivity index (χ0) is 21.6. The lowest BCUT2D eigenvalue weighted by molar-refractivity contribution is 0.0684. The van der Waals surface area contributed by atoms with Crippen molar-refractivity contribution in [1.29, 1.82) is 0 Å². The molecule has 1 atom stereocenters. The third-order valence-electron chi connectivity index (χ3n) is 4.51. The topological polar surface area (TPSA) is 60.5 Å². The Morgan fingerprint density at radius 1 is 1.16 bits per heavy atom. The maximum atomic E-state index is 12.4. The van der Waals surface area contributed by atoms with Crippen molar-refractivity contribution in [1.82, 2.24) is 4.98 Å². The van der Waals surface area contributed by atoms with Crippen LogP contribution in [0.2, 0.25) is 0 Å². The third kappa shape index (κ3) is 5.40. The molecule has 0 aliphatic heterocycles. The molecule has 4 aromatic rings. The number of thiazole rings is 1. The van der Waals surface area contributed by atoms with Crippen molar-refractivity contribution in [3.8, 4) is 5.75 Å². The number of carbonyl (C=O) groups is 1. The highest BCUT2D eigenvalue weighted by atomic mass is 79.9. The van der Waals surface area contributed by atoms with Gasteiger partial charge in [0.1, 0.15) is 11.9 Å². The highest BCUT2D eigenvalue weighted by Crippen LogP contribution is 2.34. The zero-order valence-electron chi connectivity index (χ0n) is 16.6. The lowest BCUT2D eigenvalue weighted by Crippen LogP contribution is -2.09. The predicted molar refractivity (Wildman–Crippen MR) is 128 cm³/mol. The molecule has 5 nitrogen and oxygen atoms in total. The number of nitrogens with one attached hydrogen (secondary N) is 1. The Kier molecular flexibility index (Phi) is 7.14. The summed E-state index contributed by atoms with van der Waals surface area (Å²) < 4.78 is 12.6. The number of carbonyl (C=O) groups excluding carboxylic acids is 1. The van der Waals surface area contributed by atoms with E-state index >= 15 is 0 Å². The Morgan fingerprint density at radius 3 is 2.74 bits per heavy atom. The van der Waals surface area contributed by atoms with E-state index in [-0.39, 0.29) is 12.0 Å². The first-order valence-electron chi connectivity index (χ1n) is 9.43. The van der Waals surface area contributed by atoms with Gasteiger partial charge in [0.25, 0.3) is 5.91 Å². The van der Waals surface area contributed by atoms with E-state index in [9.17, 15) is 4.79 Å². The third-order valence-corrected chi connectivity index (χ3v) is 7.11. The smallest absolute Gasteiger partial charge is 0.267 e. The minimum Gasteiger partial charge on any atom is -0.497 e. The standard InChI is InChI=1S/C23H19BrN2O3S2/c1-28-17-9-10-18(24)16(12-17)14-29-21(15-6-3-2-4-7-15)20-13-25-23(31-20)26-22(27)19-8-5-11-30-19/h2-13,21H,14H2,1H3,(H,25,26,27). The summed E-state index contributed by atoms with van der Waals surface area (Å²) in [5.74, 6) is 0.614. The summed E-state index contributed by atoms with van der Waals surface area (Å²) >= 11 is 6.38. The summed E-state index contributed by atoms with van der Waals surface area (Å²) in [5, 5.41) is 5.28. The molecule has 31 heavy (non-hydrogen) atoms. The first-order valence-corrected chi connectivity index (χ1v) is 11.9. The minimum atomic E-state index is -0.316. The van der Waals surface area contributed by atoms with E-state index in [4.69, 9.17) is 9.47 Å². The largest absolute Gasteiger partial charge is 0.497 e. The normalized spacial score (nSPS) is 11.8. The molecule has 0 aliphatic carbocycles. The molecular weight excluding hydrogens is 496 g/mol. The molecule has 0 aliphatic rings. The van der Waals surface area contributed by atoms with Gasteiger partial charge in [0.05, 0.1) is 23.5 Å². The fourth-order valence-electron chi connectivity index (χ4n) is 2.96. The van der Waals surface area contributed by atoms with Crippen LogP contribution in [0.15, 0.2) is 76.7 Å². The molecule has 1 N–H and O–H groups in total. The maximum Gasteiger partial charge on any atom is 0.267 e. The van der Waals surface area contributed by atoms with Crippen LogP contribution in [-0.4, -0.2) is 18.0 Å². The van der Waals surface area contributed by atoms with E-state index in [0.29, 0.717) is 16.6 Å². The van der Waals surface area contributed by atoms with Crippen molar-refractivity contribution in [2.75, 3.05) is 12.4 Å². The summed E-state index contributed by atoms with van der Waals surface area (Å²) in [7, 11) is 1.64. The van der Waals surface area contributed by atoms with Crippen LogP contribution in [0.1, 0.15) is 31.8 Å². The fraction of sp³-hybridized carbons (Fsp3) is 0.130. The van der Waals surface area contributed by atoms with Crippen molar-refractivity contribution >= 4 is 49.6 Å². The Hall–Kier alpha value is -2.52. The Labute approximate surface area is 196 Å². The number of hydrogen-bond donors (Lipinski definition) is 1. The average molecular weight is 515 g/mol. The fourth-order valence-corrected chi connectivity index (χ4v) is 4.83. The van der Waals surface area contributed by atoms with Gasteiger partial charge in [0, 0.05) is 10.7 Å². The molecule has 0 saturated carbocycles. The number of benzene rings is 2. The van der Waals surface area contributed by atoms with Crippen LogP contribution < -0.4 is 10.1 Å². The van der Waals surface area contributed by atoms with Crippen molar-refractivity contribution in [3.63, 3.8) is 0 Å². The molecule has 2 aromatic carbocycles. The second kappa shape index (κ2) is 10.2. The number of amides is 1. The number of methoxy groups -OCH3 is 1. The second-order valence-electron chi connectivity index (χ2n) is 6.56. The second-order valence-corrected chi connectivity index (χ2v) is 9.42. The van der Waals surface area contributed by atoms with Crippen LogP contribution in [0, 0.1) is 0 Å². The molecule has 0 saturated heterocycles. The van der Waals surface area contributed by atoms with Gasteiger partial charge >= 0.3 is 0 Å². The molecule has 8 heteroatoms. The summed E-state index contributed by atoms with van der Waals surface area (Å²) in [6.07, 6.45) is 1.44. The molecule has 158 valence electrons. The van der Waals surface area contributed by atoms with Gasteiger partial charge in [0.15, 0.2) is 5.13 Å². The van der Waals surface area contributed by atoms with Crippen LogP contribution in [0.25, 0.3) is 0 Å². The Bertz CT molecular complexity index is 1150. The van der Waals surface area contributed by atoms with Crippen LogP contribution in [0.5, 0.6) is 5.75 Å². The molecule has 2 heterocycles. The summed E-state index contributed by atoms with van der Waals surface area (Å²) in [6.45, 7) is 0.381. The molecule has 2 aromatic heterocycles. The van der Waals surface area contributed by atoms with E-state index in [0.717, 1.165) is 26.2 Å². The number of halogens is 1. The molecular formula is C23H19BrN2O3S2. The molecule has 0 radical (unpaired) electrons. The number of hydrogen-bond acceptors (Lipinski definition) is 6. The highest BCUT2D eigenvalue weighted by molar-refractivity contribution is 9.10. The van der Waals surface area contributed by atoms with Crippen molar-refractivity contribution in [2.45, 2.75) is 12.7 Å². The van der Waals surface area contributed by atoms with E-state index in [1.165, 1.54) is 22.7 Å². The van der Waals surface area contributed by atoms with Gasteiger partial charge in [-0.05, 0) is 40.8 Å². The maximum absolute atomic E-state index is 12.4. The zero-order valence-corrected chi connectivity index (χ0v) is 19.8. The molecule has 4 rings (SSSR count). The number of thiophene rings is 1. The van der Waals surface area contributed by atoms with Gasteiger partial charge < -0.3 is 9.47 Å². The van der Waals surface area contributed by atoms with Gasteiger partial charge in [-0.15, -0.1) is 11.3 Å². The minimum absolute atomic E-state index is 0.159. The van der Waals surface area contributed by atoms with Crippen molar-refractivity contribution in [2.24, 2.45) is 0 Å². The average Bonchev–Trinajstić information content (AvgIpc) is 3.49. The first-order chi connectivity index (χ1) is 15.1. The van der Waals surface area contributed by atoms with Crippen LogP contribution in [0.4, 0.5) is 5.13 Å². The van der Waals surface area contributed by atoms with E-state index in [1.54, 1.807) is 19.4 Å². The predicted octanol–water partition coefficient (Wildman–Crippen LogP) is 6.53. The Balaban J connectivity index is 1.55. The van der Waals surface area contributed by atoms with Crippen LogP contribution >= 0.6 is 38.6 Å². The number of anilines is 1. The molecule has 0 spiro atoms. The van der Waals surface area contributed by atoms with Gasteiger partial charge in [-0.25, -0.2) is 4.98 Å². The lowest BCUT2D eigenvalue weighted by Gasteiger charge is -2.18. The van der Waals surface area contributed by atoms with Gasteiger partial charge in [0.2, 0.25) is 0 Å². The number of nitrogens with zero attached hydrogens (tertiary/aromatic N) is 1. The van der Waals surface area contributed by atoms with E-state index in [2.05, 4.69) is 26.2 Å². The molecule has 0 fully saturated rings. The summed E-state index contributed by atoms with van der Waals surface area (Å²) in [6, 6.07) is 19.4. The lowest BCUT2D eigenvalue weighted by atomic mass is 10.1. The molecule has 0 bridgehead atoms. The Morgan fingerprint density at radius 2 is 2.00 bits per heavy atom. The highest BCUT2D eigenvalue weighted by Gasteiger charge is 2.20. The van der Waals surface area contributed by atoms with E-state index < -0.39 is 0 Å². The summed E-state index contributed by atoms with van der Waals surface area (Å²) in [4.78, 5) is 18.3. The molecule has 1 amide bonds. The monoisotopic (exact) mass is 514 g/mol. The SMILES string of the molecule is COc1ccc(Br)c(COC(c2ccccc2)c2cnc(NC(=O)c3cccs3)s2)c1. The van der Waals surface area contributed by atoms with E-state index in [1.807, 2.05) is 60.0 Å². The van der Waals surface area contributed by atoms with Gasteiger partial charge in [-0.2, -0.15) is 0 Å². The van der Waals surface area contributed by atoms with Crippen LogP contribution in [0.3, 0.4) is 0 Å². The first kappa shape index (κ1) is 21.7. The van der Waals surface area contributed by atoms with Crippen LogP contribution in [-0.2, 0) is 11.3 Å². The summed E-state index contributed by atoms with van der Waals surface area (Å²) in [5.41, 5.74) is 2.00. The number of ether oxygens (including phenoxy) is 2. The van der Waals surface area contributed by atoms with Gasteiger partial charge in [-0.3, -0.25) is 10.1 Å². The quantitative estimate of drug-likeness (QED) is 0.290. The number of aromatic nitrogens is 1. The number of rotatable bonds is 8. The van der Waals surface area contributed by atoms with Gasteiger partial charge in [-0.1, -0.05) is 63.7 Å². The van der Waals surface area contributed by atoms with Crippen molar-refractivity contribution in [3.05, 3.63) is 97.6 Å². The molecule has 1 unspecified atom stereocenters.